The molecule has 0 unspecified atom stereocenters. The Balaban J connectivity index is 2.35. The third kappa shape index (κ3) is 6.60. The van der Waals surface area contributed by atoms with Crippen LogP contribution in [0.1, 0.15) is 72.5 Å². The number of carbonyl (C=O) groups excluding carboxylic acids is 1. The number of carboxylic acids is 1. The van der Waals surface area contributed by atoms with Crippen LogP contribution in [0.15, 0.2) is 36.4 Å². The van der Waals surface area contributed by atoms with Crippen LogP contribution in [0.25, 0.3) is 0 Å². The molecule has 0 aliphatic rings. The molecule has 0 saturated heterocycles. The summed E-state index contributed by atoms with van der Waals surface area (Å²) < 4.78 is 6.00. The second kappa shape index (κ2) is 11.6. The molecule has 156 valence electrons. The first kappa shape index (κ1) is 23.0. The molecule has 2 rings (SSSR count). The highest BCUT2D eigenvalue weighted by Crippen LogP contribution is 2.34. The summed E-state index contributed by atoms with van der Waals surface area (Å²) in [6.45, 7) is 4.57. The maximum atomic E-state index is 13.2. The van der Waals surface area contributed by atoms with E-state index in [9.17, 15) is 9.59 Å². The Morgan fingerprint density at radius 3 is 2.45 bits per heavy atom. The topological polar surface area (TPSA) is 63.6 Å². The normalized spacial score (nSPS) is 10.7. The molecule has 0 saturated carbocycles. The summed E-state index contributed by atoms with van der Waals surface area (Å²) in [6.07, 6.45) is 5.13. The van der Waals surface area contributed by atoms with Gasteiger partial charge in [-0.25, -0.2) is 0 Å². The van der Waals surface area contributed by atoms with E-state index in [0.717, 1.165) is 31.2 Å². The number of aryl methyl sites for hydroxylation is 1. The molecule has 0 amide bonds. The van der Waals surface area contributed by atoms with Crippen molar-refractivity contribution in [2.45, 2.75) is 58.8 Å². The Bertz CT molecular complexity index is 845. The van der Waals surface area contributed by atoms with Gasteiger partial charge in [0.2, 0.25) is 0 Å². The molecular weight excluding hydrogens is 388 g/mol. The minimum absolute atomic E-state index is 0.0282. The van der Waals surface area contributed by atoms with Gasteiger partial charge in [0.05, 0.1) is 11.6 Å². The fourth-order valence-corrected chi connectivity index (χ4v) is 3.54. The fraction of sp³-hybridized carbons (Fsp3) is 0.417. The Hall–Kier alpha value is -2.33. The fourth-order valence-electron chi connectivity index (χ4n) is 3.31. The zero-order valence-electron chi connectivity index (χ0n) is 17.2. The lowest BCUT2D eigenvalue weighted by Crippen LogP contribution is -2.11. The lowest BCUT2D eigenvalue weighted by Gasteiger charge is -2.17. The molecule has 0 atom stereocenters. The van der Waals surface area contributed by atoms with Crippen molar-refractivity contribution < 1.29 is 19.4 Å². The molecule has 0 spiro atoms. The molecule has 2 aromatic rings. The molecule has 0 bridgehead atoms. The van der Waals surface area contributed by atoms with E-state index >= 15 is 0 Å². The van der Waals surface area contributed by atoms with Crippen molar-refractivity contribution in [1.82, 2.24) is 0 Å². The highest BCUT2D eigenvalue weighted by Gasteiger charge is 2.21. The largest absolute Gasteiger partial charge is 0.492 e. The van der Waals surface area contributed by atoms with Gasteiger partial charge in [-0.3, -0.25) is 9.59 Å². The van der Waals surface area contributed by atoms with Gasteiger partial charge in [-0.1, -0.05) is 62.1 Å². The molecule has 0 aliphatic carbocycles. The van der Waals surface area contributed by atoms with Gasteiger partial charge in [0.25, 0.3) is 0 Å². The van der Waals surface area contributed by atoms with E-state index < -0.39 is 5.97 Å². The molecule has 1 N–H and O–H groups in total. The number of benzene rings is 2. The predicted molar refractivity (Wildman–Crippen MR) is 116 cm³/mol. The molecule has 0 aliphatic heterocycles. The quantitative estimate of drug-likeness (QED) is 0.328. The van der Waals surface area contributed by atoms with Gasteiger partial charge >= 0.3 is 5.97 Å². The average molecular weight is 417 g/mol. The Morgan fingerprint density at radius 1 is 1.00 bits per heavy atom. The van der Waals surface area contributed by atoms with Crippen LogP contribution in [0.5, 0.6) is 5.75 Å². The average Bonchev–Trinajstić information content (AvgIpc) is 2.69. The molecule has 0 radical (unpaired) electrons. The van der Waals surface area contributed by atoms with Crippen molar-refractivity contribution in [1.29, 1.82) is 0 Å². The highest BCUT2D eigenvalue weighted by molar-refractivity contribution is 6.32. The van der Waals surface area contributed by atoms with Gasteiger partial charge in [0, 0.05) is 23.1 Å². The third-order valence-corrected chi connectivity index (χ3v) is 5.21. The second-order valence-corrected chi connectivity index (χ2v) is 7.61. The van der Waals surface area contributed by atoms with E-state index in [4.69, 9.17) is 21.4 Å². The number of halogens is 1. The first-order valence-corrected chi connectivity index (χ1v) is 10.6. The number of rotatable bonds is 12. The number of unbranched alkanes of at least 4 members (excludes halogenated alkanes) is 3. The van der Waals surface area contributed by atoms with E-state index in [1.165, 1.54) is 0 Å². The number of hydrogen-bond acceptors (Lipinski definition) is 3. The van der Waals surface area contributed by atoms with Crippen molar-refractivity contribution in [3.8, 4) is 5.75 Å². The summed E-state index contributed by atoms with van der Waals surface area (Å²) in [6, 6.07) is 10.8. The summed E-state index contributed by atoms with van der Waals surface area (Å²) in [7, 11) is 0. The highest BCUT2D eigenvalue weighted by atomic mass is 35.5. The van der Waals surface area contributed by atoms with Gasteiger partial charge in [-0.15, -0.1) is 0 Å². The number of carbonyl (C=O) groups is 2. The van der Waals surface area contributed by atoms with E-state index in [1.807, 2.05) is 25.1 Å². The van der Waals surface area contributed by atoms with E-state index in [2.05, 4.69) is 6.92 Å². The van der Waals surface area contributed by atoms with Gasteiger partial charge in [-0.05, 0) is 43.9 Å². The van der Waals surface area contributed by atoms with Crippen LogP contribution in [0.4, 0.5) is 0 Å². The van der Waals surface area contributed by atoms with E-state index in [-0.39, 0.29) is 12.2 Å². The number of aliphatic carboxylic acids is 1. The molecule has 2 aromatic carbocycles. The van der Waals surface area contributed by atoms with Crippen LogP contribution in [0.2, 0.25) is 5.02 Å². The van der Waals surface area contributed by atoms with Crippen molar-refractivity contribution in [2.24, 2.45) is 0 Å². The minimum Gasteiger partial charge on any atom is -0.492 e. The summed E-state index contributed by atoms with van der Waals surface area (Å²) >= 11 is 6.41. The van der Waals surface area contributed by atoms with Crippen molar-refractivity contribution >= 4 is 23.4 Å². The standard InChI is InChI=1S/C24H29ClO4/c1-3-4-5-8-16-29-24-20(12-9-13-22(26)27)19(14-15-21(24)25)23(28)18-11-7-6-10-17(18)2/h6-7,10-11,14-15H,3-5,8-9,12-13,16H2,1-2H3,(H,26,27). The summed E-state index contributed by atoms with van der Waals surface area (Å²) in [5.41, 5.74) is 2.74. The SMILES string of the molecule is CCCCCCOc1c(Cl)ccc(C(=O)c2ccccc2C)c1CCCC(=O)O. The zero-order valence-corrected chi connectivity index (χ0v) is 17.9. The summed E-state index contributed by atoms with van der Waals surface area (Å²) in [5, 5.41) is 9.46. The second-order valence-electron chi connectivity index (χ2n) is 7.20. The van der Waals surface area contributed by atoms with E-state index in [1.54, 1.807) is 18.2 Å². The number of hydrogen-bond donors (Lipinski definition) is 1. The number of ketones is 1. The van der Waals surface area contributed by atoms with Crippen LogP contribution in [-0.4, -0.2) is 23.5 Å². The molecule has 4 nitrogen and oxygen atoms in total. The Kier molecular flexibility index (Phi) is 9.20. The monoisotopic (exact) mass is 416 g/mol. The summed E-state index contributed by atoms with van der Waals surface area (Å²) in [4.78, 5) is 24.2. The first-order chi connectivity index (χ1) is 14.0. The lowest BCUT2D eigenvalue weighted by atomic mass is 9.92. The molecule has 0 fully saturated rings. The van der Waals surface area contributed by atoms with Crippen molar-refractivity contribution in [3.63, 3.8) is 0 Å². The predicted octanol–water partition coefficient (Wildman–Crippen LogP) is 6.25. The van der Waals surface area contributed by atoms with Crippen molar-refractivity contribution in [3.05, 3.63) is 63.7 Å². The molecule has 0 aromatic heterocycles. The van der Waals surface area contributed by atoms with Gasteiger partial charge in [0.1, 0.15) is 5.75 Å². The lowest BCUT2D eigenvalue weighted by molar-refractivity contribution is -0.137. The number of carboxylic acid groups (broad SMARTS) is 1. The summed E-state index contributed by atoms with van der Waals surface area (Å²) in [5.74, 6) is -0.449. The van der Waals surface area contributed by atoms with E-state index in [0.29, 0.717) is 46.9 Å². The number of ether oxygens (including phenoxy) is 1. The molecule has 29 heavy (non-hydrogen) atoms. The van der Waals surface area contributed by atoms with Gasteiger partial charge < -0.3 is 9.84 Å². The third-order valence-electron chi connectivity index (χ3n) is 4.91. The minimum atomic E-state index is -0.860. The van der Waals surface area contributed by atoms with Crippen molar-refractivity contribution in [2.75, 3.05) is 6.61 Å². The van der Waals surface area contributed by atoms with Gasteiger partial charge in [-0.2, -0.15) is 0 Å². The maximum absolute atomic E-state index is 13.2. The zero-order chi connectivity index (χ0) is 21.2. The van der Waals surface area contributed by atoms with Gasteiger partial charge in [0.15, 0.2) is 5.78 Å². The Labute approximate surface area is 177 Å². The van der Waals surface area contributed by atoms with Crippen LogP contribution in [-0.2, 0) is 11.2 Å². The smallest absolute Gasteiger partial charge is 0.303 e. The molecular formula is C24H29ClO4. The van der Waals surface area contributed by atoms with Crippen LogP contribution in [0, 0.1) is 6.92 Å². The van der Waals surface area contributed by atoms with Crippen LogP contribution < -0.4 is 4.74 Å². The van der Waals surface area contributed by atoms with Crippen LogP contribution >= 0.6 is 11.6 Å². The maximum Gasteiger partial charge on any atom is 0.303 e. The Morgan fingerprint density at radius 2 is 1.76 bits per heavy atom. The first-order valence-electron chi connectivity index (χ1n) is 10.2. The molecule has 5 heteroatoms. The van der Waals surface area contributed by atoms with Crippen LogP contribution in [0.3, 0.4) is 0 Å². The molecule has 0 heterocycles.